The lowest BCUT2D eigenvalue weighted by Gasteiger charge is -2.10. The van der Waals surface area contributed by atoms with Gasteiger partial charge >= 0.3 is 6.18 Å². The molecule has 21 heavy (non-hydrogen) atoms. The zero-order valence-electron chi connectivity index (χ0n) is 11.0. The Morgan fingerprint density at radius 2 is 1.95 bits per heavy atom. The van der Waals surface area contributed by atoms with Gasteiger partial charge < -0.3 is 5.73 Å². The average Bonchev–Trinajstić information content (AvgIpc) is 2.82. The average molecular weight is 292 g/mol. The fourth-order valence-corrected chi connectivity index (χ4v) is 2.23. The van der Waals surface area contributed by atoms with Gasteiger partial charge in [-0.15, -0.1) is 0 Å². The first kappa shape index (κ1) is 13.4. The number of benzene rings is 1. The maximum Gasteiger partial charge on any atom is 0.421 e. The van der Waals surface area contributed by atoms with Gasteiger partial charge in [0.1, 0.15) is 5.56 Å². The predicted molar refractivity (Wildman–Crippen MR) is 72.6 cm³/mol. The Morgan fingerprint density at radius 1 is 1.19 bits per heavy atom. The zero-order valence-corrected chi connectivity index (χ0v) is 11.0. The molecular formula is C14H11F3N4. The van der Waals surface area contributed by atoms with Crippen LogP contribution in [0.25, 0.3) is 16.9 Å². The van der Waals surface area contributed by atoms with Crippen molar-refractivity contribution in [2.45, 2.75) is 13.1 Å². The monoisotopic (exact) mass is 292 g/mol. The van der Waals surface area contributed by atoms with E-state index in [0.717, 1.165) is 16.3 Å². The molecule has 0 aliphatic rings. The Bertz CT molecular complexity index is 821. The van der Waals surface area contributed by atoms with Gasteiger partial charge in [-0.3, -0.25) is 0 Å². The number of rotatable bonds is 1. The normalized spacial score (nSPS) is 12.0. The number of halogens is 3. The van der Waals surface area contributed by atoms with Crippen LogP contribution in [0.4, 0.5) is 18.9 Å². The van der Waals surface area contributed by atoms with Gasteiger partial charge in [0.25, 0.3) is 0 Å². The summed E-state index contributed by atoms with van der Waals surface area (Å²) < 4.78 is 39.9. The number of hydrogen-bond donors (Lipinski definition) is 1. The summed E-state index contributed by atoms with van der Waals surface area (Å²) in [4.78, 5) is 3.77. The van der Waals surface area contributed by atoms with Crippen molar-refractivity contribution in [3.63, 3.8) is 0 Å². The molecule has 7 heteroatoms. The molecule has 2 aromatic heterocycles. The summed E-state index contributed by atoms with van der Waals surface area (Å²) in [7, 11) is 0. The number of hydrogen-bond acceptors (Lipinski definition) is 3. The summed E-state index contributed by atoms with van der Waals surface area (Å²) in [5.74, 6) is 0. The van der Waals surface area contributed by atoms with Crippen LogP contribution in [0.2, 0.25) is 0 Å². The Balaban J connectivity index is 2.33. The summed E-state index contributed by atoms with van der Waals surface area (Å²) in [5.41, 5.74) is 7.08. The van der Waals surface area contributed by atoms with E-state index in [1.807, 2.05) is 25.1 Å². The molecule has 0 radical (unpaired) electrons. The second-order valence-corrected chi connectivity index (χ2v) is 4.72. The summed E-state index contributed by atoms with van der Waals surface area (Å²) >= 11 is 0. The van der Waals surface area contributed by atoms with Gasteiger partial charge in [-0.05, 0) is 13.0 Å². The molecule has 0 unspecified atom stereocenters. The van der Waals surface area contributed by atoms with E-state index < -0.39 is 11.7 Å². The van der Waals surface area contributed by atoms with Gasteiger partial charge in [-0.1, -0.05) is 23.8 Å². The van der Waals surface area contributed by atoms with Crippen LogP contribution in [0.3, 0.4) is 0 Å². The molecule has 0 amide bonds. The molecule has 1 aromatic carbocycles. The molecule has 0 saturated heterocycles. The minimum atomic E-state index is -4.51. The zero-order chi connectivity index (χ0) is 15.2. The highest BCUT2D eigenvalue weighted by Gasteiger charge is 2.35. The molecule has 0 aliphatic carbocycles. The quantitative estimate of drug-likeness (QED) is 0.748. The van der Waals surface area contributed by atoms with Crippen molar-refractivity contribution in [3.05, 3.63) is 47.8 Å². The third-order valence-electron chi connectivity index (χ3n) is 3.15. The lowest BCUT2D eigenvalue weighted by atomic mass is 10.1. The van der Waals surface area contributed by atoms with E-state index in [4.69, 9.17) is 5.73 Å². The number of fused-ring (bicyclic) bond motifs is 1. The standard InChI is InChI=1S/C14H11F3N4/c1-8-3-2-4-9(5-8)12-11(18)7-19-13-10(14(15,16)17)6-20-21(12)13/h2-7H,18H2,1H3. The summed E-state index contributed by atoms with van der Waals surface area (Å²) in [6.07, 6.45) is -2.51. The highest BCUT2D eigenvalue weighted by molar-refractivity contribution is 5.75. The number of nitrogens with two attached hydrogens (primary N) is 1. The predicted octanol–water partition coefficient (Wildman–Crippen LogP) is 3.31. The van der Waals surface area contributed by atoms with Crippen LogP contribution in [0.5, 0.6) is 0 Å². The second-order valence-electron chi connectivity index (χ2n) is 4.72. The van der Waals surface area contributed by atoms with Gasteiger partial charge in [-0.25, -0.2) is 9.50 Å². The Morgan fingerprint density at radius 3 is 2.62 bits per heavy atom. The lowest BCUT2D eigenvalue weighted by molar-refractivity contribution is -0.136. The van der Waals surface area contributed by atoms with Crippen LogP contribution >= 0.6 is 0 Å². The third-order valence-corrected chi connectivity index (χ3v) is 3.15. The maximum atomic E-state index is 12.9. The van der Waals surface area contributed by atoms with E-state index in [-0.39, 0.29) is 11.3 Å². The molecule has 0 saturated carbocycles. The summed E-state index contributed by atoms with van der Waals surface area (Å²) in [6.45, 7) is 1.89. The van der Waals surface area contributed by atoms with Gasteiger partial charge in [-0.2, -0.15) is 18.3 Å². The van der Waals surface area contributed by atoms with Gasteiger partial charge in [0.2, 0.25) is 0 Å². The molecule has 0 aliphatic heterocycles. The van der Waals surface area contributed by atoms with Crippen molar-refractivity contribution in [1.29, 1.82) is 0 Å². The molecule has 4 nitrogen and oxygen atoms in total. The molecular weight excluding hydrogens is 281 g/mol. The fourth-order valence-electron chi connectivity index (χ4n) is 2.23. The van der Waals surface area contributed by atoms with E-state index in [0.29, 0.717) is 11.3 Å². The first-order valence-corrected chi connectivity index (χ1v) is 6.14. The molecule has 2 N–H and O–H groups in total. The highest BCUT2D eigenvalue weighted by atomic mass is 19.4. The third kappa shape index (κ3) is 2.20. The van der Waals surface area contributed by atoms with Crippen molar-refractivity contribution in [3.8, 4) is 11.3 Å². The van der Waals surface area contributed by atoms with Crippen LogP contribution in [0.1, 0.15) is 11.1 Å². The molecule has 0 fully saturated rings. The molecule has 108 valence electrons. The van der Waals surface area contributed by atoms with Crippen LogP contribution in [-0.2, 0) is 6.18 Å². The van der Waals surface area contributed by atoms with E-state index in [1.54, 1.807) is 6.07 Å². The van der Waals surface area contributed by atoms with Crippen LogP contribution < -0.4 is 5.73 Å². The summed E-state index contributed by atoms with van der Waals surface area (Å²) in [6, 6.07) is 7.31. The van der Waals surface area contributed by atoms with Gasteiger partial charge in [0.15, 0.2) is 5.65 Å². The Kier molecular flexibility index (Phi) is 2.86. The topological polar surface area (TPSA) is 56.2 Å². The lowest BCUT2D eigenvalue weighted by Crippen LogP contribution is -2.07. The maximum absolute atomic E-state index is 12.9. The van der Waals surface area contributed by atoms with Crippen molar-refractivity contribution >= 4 is 11.3 Å². The molecule has 0 atom stereocenters. The number of nitrogen functional groups attached to an aromatic ring is 1. The van der Waals surface area contributed by atoms with Crippen molar-refractivity contribution in [2.75, 3.05) is 5.73 Å². The fraction of sp³-hybridized carbons (Fsp3) is 0.143. The number of alkyl halides is 3. The summed E-state index contributed by atoms with van der Waals surface area (Å²) in [5, 5.41) is 3.81. The number of anilines is 1. The van der Waals surface area contributed by atoms with Crippen LogP contribution in [0.15, 0.2) is 36.7 Å². The smallest absolute Gasteiger partial charge is 0.396 e. The van der Waals surface area contributed by atoms with Crippen LogP contribution in [0, 0.1) is 6.92 Å². The van der Waals surface area contributed by atoms with Gasteiger partial charge in [0.05, 0.1) is 23.8 Å². The Labute approximate surface area is 118 Å². The van der Waals surface area contributed by atoms with E-state index in [1.165, 1.54) is 6.20 Å². The molecule has 0 bridgehead atoms. The minimum Gasteiger partial charge on any atom is -0.396 e. The Hall–Kier alpha value is -2.57. The number of aryl methyl sites for hydroxylation is 1. The van der Waals surface area contributed by atoms with Crippen molar-refractivity contribution < 1.29 is 13.2 Å². The van der Waals surface area contributed by atoms with E-state index in [2.05, 4.69) is 10.1 Å². The molecule has 3 aromatic rings. The molecule has 3 rings (SSSR count). The SMILES string of the molecule is Cc1cccc(-c2c(N)cnc3c(C(F)(F)F)cnn23)c1. The highest BCUT2D eigenvalue weighted by Crippen LogP contribution is 2.34. The number of aromatic nitrogens is 3. The van der Waals surface area contributed by atoms with Crippen LogP contribution in [-0.4, -0.2) is 14.6 Å². The largest absolute Gasteiger partial charge is 0.421 e. The molecule has 2 heterocycles. The first-order chi connectivity index (χ1) is 9.88. The molecule has 0 spiro atoms. The number of nitrogens with zero attached hydrogens (tertiary/aromatic N) is 3. The second kappa shape index (κ2) is 4.47. The first-order valence-electron chi connectivity index (χ1n) is 6.14. The van der Waals surface area contributed by atoms with Crippen molar-refractivity contribution in [1.82, 2.24) is 14.6 Å². The van der Waals surface area contributed by atoms with Crippen molar-refractivity contribution in [2.24, 2.45) is 0 Å². The van der Waals surface area contributed by atoms with Gasteiger partial charge in [0, 0.05) is 5.56 Å². The van der Waals surface area contributed by atoms with E-state index >= 15 is 0 Å². The van der Waals surface area contributed by atoms with E-state index in [9.17, 15) is 13.2 Å². The minimum absolute atomic E-state index is 0.256.